The zero-order valence-corrected chi connectivity index (χ0v) is 9.71. The lowest BCUT2D eigenvalue weighted by molar-refractivity contribution is 0.307. The Kier molecular flexibility index (Phi) is 5.74. The Bertz CT molecular complexity index is 403. The summed E-state index contributed by atoms with van der Waals surface area (Å²) in [5.74, 6) is 0.494. The Morgan fingerprint density at radius 2 is 2.18 bits per heavy atom. The molecule has 1 aromatic carbocycles. The lowest BCUT2D eigenvalue weighted by Gasteiger charge is -2.04. The summed E-state index contributed by atoms with van der Waals surface area (Å²) in [7, 11) is 1.50. The lowest BCUT2D eigenvalue weighted by Crippen LogP contribution is -1.92. The van der Waals surface area contributed by atoms with Gasteiger partial charge in [0.2, 0.25) is 0 Å². The Hall–Kier alpha value is -1.88. The van der Waals surface area contributed by atoms with E-state index in [2.05, 4.69) is 9.98 Å². The van der Waals surface area contributed by atoms with Crippen molar-refractivity contribution in [1.29, 1.82) is 0 Å². The van der Waals surface area contributed by atoms with Crippen molar-refractivity contribution >= 4 is 12.4 Å². The van der Waals surface area contributed by atoms with Crippen LogP contribution in [0, 0.1) is 0 Å². The minimum atomic E-state index is 0.0386. The fourth-order valence-electron chi connectivity index (χ4n) is 1.21. The fraction of sp³-hybridized carbons (Fsp3) is 0.333. The molecule has 0 unspecified atom stereocenters. The zero-order valence-electron chi connectivity index (χ0n) is 9.71. The number of aliphatic hydroxyl groups excluding tert-OH is 1. The van der Waals surface area contributed by atoms with Gasteiger partial charge in [0.25, 0.3) is 0 Å². The van der Waals surface area contributed by atoms with Crippen LogP contribution in [0.4, 0.5) is 0 Å². The first-order chi connectivity index (χ1) is 8.29. The first kappa shape index (κ1) is 13.2. The van der Waals surface area contributed by atoms with Gasteiger partial charge in [-0.3, -0.25) is 9.98 Å². The number of para-hydroxylation sites is 1. The highest BCUT2D eigenvalue weighted by molar-refractivity contribution is 5.85. The summed E-state index contributed by atoms with van der Waals surface area (Å²) < 4.78 is 4.98. The molecule has 0 aliphatic rings. The van der Waals surface area contributed by atoms with Crippen molar-refractivity contribution in [3.05, 3.63) is 23.8 Å². The van der Waals surface area contributed by atoms with Crippen molar-refractivity contribution in [2.75, 3.05) is 26.8 Å². The maximum Gasteiger partial charge on any atom is 0.166 e. The van der Waals surface area contributed by atoms with Gasteiger partial charge in [-0.05, 0) is 12.1 Å². The summed E-state index contributed by atoms with van der Waals surface area (Å²) in [6, 6.07) is 5.20. The van der Waals surface area contributed by atoms with E-state index in [1.807, 2.05) is 0 Å². The van der Waals surface area contributed by atoms with Gasteiger partial charge in [-0.2, -0.15) is 0 Å². The van der Waals surface area contributed by atoms with Crippen LogP contribution in [0.5, 0.6) is 11.5 Å². The smallest absolute Gasteiger partial charge is 0.166 e. The number of nitrogens with zero attached hydrogens (tertiary/aromatic N) is 2. The molecule has 0 atom stereocenters. The lowest BCUT2D eigenvalue weighted by atomic mass is 10.2. The molecule has 0 heterocycles. The van der Waals surface area contributed by atoms with Gasteiger partial charge in [0.1, 0.15) is 0 Å². The molecule has 0 saturated carbocycles. The van der Waals surface area contributed by atoms with Crippen molar-refractivity contribution in [3.63, 3.8) is 0 Å². The Labute approximate surface area is 100 Å². The summed E-state index contributed by atoms with van der Waals surface area (Å²) in [5, 5.41) is 18.2. The summed E-state index contributed by atoms with van der Waals surface area (Å²) >= 11 is 0. The van der Waals surface area contributed by atoms with E-state index in [1.165, 1.54) is 7.11 Å². The van der Waals surface area contributed by atoms with E-state index in [1.54, 1.807) is 30.6 Å². The SMILES string of the molecule is COc1cccc(C=NCC=NCCO)c1O. The number of benzene rings is 1. The highest BCUT2D eigenvalue weighted by atomic mass is 16.5. The second-order valence-electron chi connectivity index (χ2n) is 3.20. The van der Waals surface area contributed by atoms with Crippen LogP contribution in [0.25, 0.3) is 0 Å². The van der Waals surface area contributed by atoms with E-state index in [0.29, 0.717) is 24.4 Å². The largest absolute Gasteiger partial charge is 0.504 e. The molecule has 0 fully saturated rings. The summed E-state index contributed by atoms with van der Waals surface area (Å²) in [6.07, 6.45) is 3.17. The first-order valence-electron chi connectivity index (χ1n) is 5.24. The van der Waals surface area contributed by atoms with Gasteiger partial charge in [-0.25, -0.2) is 0 Å². The van der Waals surface area contributed by atoms with Crippen LogP contribution in [0.1, 0.15) is 5.56 Å². The topological polar surface area (TPSA) is 74.4 Å². The predicted octanol–water partition coefficient (Wildman–Crippen LogP) is 0.883. The van der Waals surface area contributed by atoms with Crippen LogP contribution >= 0.6 is 0 Å². The average molecular weight is 236 g/mol. The van der Waals surface area contributed by atoms with Gasteiger partial charge in [0.15, 0.2) is 11.5 Å². The zero-order chi connectivity index (χ0) is 12.5. The monoisotopic (exact) mass is 236 g/mol. The molecule has 0 aliphatic carbocycles. The molecule has 0 aliphatic heterocycles. The van der Waals surface area contributed by atoms with Crippen molar-refractivity contribution in [3.8, 4) is 11.5 Å². The second kappa shape index (κ2) is 7.40. The van der Waals surface area contributed by atoms with E-state index in [9.17, 15) is 5.11 Å². The van der Waals surface area contributed by atoms with Crippen LogP contribution < -0.4 is 4.74 Å². The van der Waals surface area contributed by atoms with Crippen LogP contribution in [0.2, 0.25) is 0 Å². The standard InChI is InChI=1S/C12H16N2O3/c1-17-11-4-2-3-10(12(11)16)9-14-6-5-13-7-8-15/h2-5,9,15-16H,6-8H2,1H3. The molecule has 0 amide bonds. The third-order valence-corrected chi connectivity index (χ3v) is 2.03. The van der Waals surface area contributed by atoms with Gasteiger partial charge in [-0.15, -0.1) is 0 Å². The molecule has 0 radical (unpaired) electrons. The van der Waals surface area contributed by atoms with E-state index < -0.39 is 0 Å². The molecule has 0 bridgehead atoms. The minimum absolute atomic E-state index is 0.0386. The summed E-state index contributed by atoms with van der Waals surface area (Å²) in [5.41, 5.74) is 0.597. The molecule has 0 aromatic heterocycles. The van der Waals surface area contributed by atoms with Crippen LogP contribution in [-0.4, -0.2) is 49.4 Å². The third-order valence-electron chi connectivity index (χ3n) is 2.03. The maximum absolute atomic E-state index is 9.75. The second-order valence-corrected chi connectivity index (χ2v) is 3.20. The van der Waals surface area contributed by atoms with Gasteiger partial charge < -0.3 is 14.9 Å². The number of methoxy groups -OCH3 is 1. The van der Waals surface area contributed by atoms with Crippen molar-refractivity contribution in [2.24, 2.45) is 9.98 Å². The predicted molar refractivity (Wildman–Crippen MR) is 67.6 cm³/mol. The molecule has 0 saturated heterocycles. The highest BCUT2D eigenvalue weighted by Gasteiger charge is 2.03. The number of hydrogen-bond donors (Lipinski definition) is 2. The van der Waals surface area contributed by atoms with E-state index >= 15 is 0 Å². The molecule has 1 rings (SSSR count). The molecule has 17 heavy (non-hydrogen) atoms. The van der Waals surface area contributed by atoms with Crippen LogP contribution in [0.3, 0.4) is 0 Å². The van der Waals surface area contributed by atoms with Crippen LogP contribution in [-0.2, 0) is 0 Å². The number of aliphatic hydroxyl groups is 1. The minimum Gasteiger partial charge on any atom is -0.504 e. The molecular weight excluding hydrogens is 220 g/mol. The first-order valence-corrected chi connectivity index (χ1v) is 5.24. The summed E-state index contributed by atoms with van der Waals surface area (Å²) in [6.45, 7) is 0.841. The number of hydrogen-bond acceptors (Lipinski definition) is 5. The van der Waals surface area contributed by atoms with Gasteiger partial charge in [0.05, 0.1) is 26.8 Å². The molecular formula is C12H16N2O3. The molecule has 0 spiro atoms. The number of ether oxygens (including phenoxy) is 1. The molecule has 5 nitrogen and oxygen atoms in total. The average Bonchev–Trinajstić information content (AvgIpc) is 2.35. The number of phenolic OH excluding ortho intramolecular Hbond substituents is 1. The van der Waals surface area contributed by atoms with Gasteiger partial charge in [-0.1, -0.05) is 6.07 Å². The van der Waals surface area contributed by atoms with Gasteiger partial charge in [0, 0.05) is 18.0 Å². The van der Waals surface area contributed by atoms with Crippen molar-refractivity contribution < 1.29 is 14.9 Å². The van der Waals surface area contributed by atoms with Crippen molar-refractivity contribution in [1.82, 2.24) is 0 Å². The highest BCUT2D eigenvalue weighted by Crippen LogP contribution is 2.27. The van der Waals surface area contributed by atoms with Crippen LogP contribution in [0.15, 0.2) is 28.2 Å². The third kappa shape index (κ3) is 4.24. The van der Waals surface area contributed by atoms with E-state index in [0.717, 1.165) is 0 Å². The molecule has 1 aromatic rings. The summed E-state index contributed by atoms with van der Waals surface area (Å²) in [4.78, 5) is 7.98. The maximum atomic E-state index is 9.75. The Balaban J connectivity index is 2.59. The number of aliphatic imine (C=N–C) groups is 2. The molecule has 2 N–H and O–H groups in total. The number of rotatable bonds is 6. The number of aromatic hydroxyl groups is 1. The quantitative estimate of drug-likeness (QED) is 0.720. The van der Waals surface area contributed by atoms with E-state index in [4.69, 9.17) is 9.84 Å². The fourth-order valence-corrected chi connectivity index (χ4v) is 1.21. The Morgan fingerprint density at radius 1 is 1.35 bits per heavy atom. The van der Waals surface area contributed by atoms with Crippen molar-refractivity contribution in [2.45, 2.75) is 0 Å². The number of phenols is 1. The Morgan fingerprint density at radius 3 is 2.88 bits per heavy atom. The van der Waals surface area contributed by atoms with E-state index in [-0.39, 0.29) is 12.4 Å². The normalized spacial score (nSPS) is 11.4. The molecule has 5 heteroatoms. The molecule has 92 valence electrons. The van der Waals surface area contributed by atoms with Gasteiger partial charge >= 0.3 is 0 Å².